The lowest BCUT2D eigenvalue weighted by Gasteiger charge is -2.35. The first-order chi connectivity index (χ1) is 7.63. The van der Waals surface area contributed by atoms with Gasteiger partial charge >= 0.3 is 0 Å². The molecular formula is C14H23NOS. The molecule has 0 spiro atoms. The summed E-state index contributed by atoms with van der Waals surface area (Å²) in [6.45, 7) is 18.0. The van der Waals surface area contributed by atoms with Crippen molar-refractivity contribution in [1.29, 1.82) is 0 Å². The lowest BCUT2D eigenvalue weighted by molar-refractivity contribution is -0.131. The molecule has 1 rings (SSSR count). The predicted molar refractivity (Wildman–Crippen MR) is 76.0 cm³/mol. The molecule has 0 aromatic rings. The molecule has 1 unspecified atom stereocenters. The fraction of sp³-hybridized carbons (Fsp3) is 0.643. The second-order valence-electron chi connectivity index (χ2n) is 5.65. The summed E-state index contributed by atoms with van der Waals surface area (Å²) in [6.07, 6.45) is 2.72. The fourth-order valence-electron chi connectivity index (χ4n) is 2.59. The Bertz CT molecular complexity index is 357. The van der Waals surface area contributed by atoms with E-state index in [1.54, 1.807) is 6.92 Å². The number of rotatable bonds is 3. The van der Waals surface area contributed by atoms with Crippen molar-refractivity contribution in [1.82, 2.24) is 4.90 Å². The standard InChI is InChI=1S/C14H23NOS/c1-8-9-11-13(4,5)17-14(6,7)15(11)12(16)10(2)3/h8,11H,1-2,9H2,3-7H3. The molecule has 3 heteroatoms. The lowest BCUT2D eigenvalue weighted by Crippen LogP contribution is -2.49. The van der Waals surface area contributed by atoms with Gasteiger partial charge in [0.2, 0.25) is 5.91 Å². The van der Waals surface area contributed by atoms with Gasteiger partial charge < -0.3 is 4.90 Å². The van der Waals surface area contributed by atoms with Crippen LogP contribution in [0.25, 0.3) is 0 Å². The number of thioether (sulfide) groups is 1. The Morgan fingerprint density at radius 2 is 1.94 bits per heavy atom. The largest absolute Gasteiger partial charge is 0.320 e. The molecule has 1 fully saturated rings. The van der Waals surface area contributed by atoms with Crippen LogP contribution in [0.4, 0.5) is 0 Å². The smallest absolute Gasteiger partial charge is 0.250 e. The summed E-state index contributed by atoms with van der Waals surface area (Å²) < 4.78 is 0.0444. The molecule has 1 heterocycles. The topological polar surface area (TPSA) is 20.3 Å². The summed E-state index contributed by atoms with van der Waals surface area (Å²) in [7, 11) is 0. The first-order valence-electron chi connectivity index (χ1n) is 5.93. The van der Waals surface area contributed by atoms with E-state index in [0.717, 1.165) is 6.42 Å². The zero-order valence-electron chi connectivity index (χ0n) is 11.5. The Morgan fingerprint density at radius 3 is 2.35 bits per heavy atom. The van der Waals surface area contributed by atoms with Gasteiger partial charge in [-0.25, -0.2) is 0 Å². The van der Waals surface area contributed by atoms with E-state index in [0.29, 0.717) is 5.57 Å². The normalized spacial score (nSPS) is 25.7. The van der Waals surface area contributed by atoms with Crippen molar-refractivity contribution in [2.45, 2.75) is 56.7 Å². The number of hydrogen-bond donors (Lipinski definition) is 0. The van der Waals surface area contributed by atoms with E-state index in [-0.39, 0.29) is 21.6 Å². The molecule has 1 atom stereocenters. The molecule has 96 valence electrons. The molecule has 1 saturated heterocycles. The molecular weight excluding hydrogens is 230 g/mol. The molecule has 0 saturated carbocycles. The molecule has 0 N–H and O–H groups in total. The number of carbonyl (C=O) groups excluding carboxylic acids is 1. The monoisotopic (exact) mass is 253 g/mol. The third-order valence-electron chi connectivity index (χ3n) is 3.18. The van der Waals surface area contributed by atoms with Crippen LogP contribution in [0.3, 0.4) is 0 Å². The zero-order chi connectivity index (χ0) is 13.4. The molecule has 0 aromatic carbocycles. The van der Waals surface area contributed by atoms with Crippen molar-refractivity contribution in [3.8, 4) is 0 Å². The van der Waals surface area contributed by atoms with E-state index in [1.165, 1.54) is 0 Å². The number of carbonyl (C=O) groups is 1. The summed E-state index contributed by atoms with van der Waals surface area (Å²) in [5.41, 5.74) is 0.602. The molecule has 0 radical (unpaired) electrons. The number of nitrogens with zero attached hydrogens (tertiary/aromatic N) is 1. The maximum absolute atomic E-state index is 12.3. The van der Waals surface area contributed by atoms with Crippen LogP contribution in [0.15, 0.2) is 24.8 Å². The maximum Gasteiger partial charge on any atom is 0.250 e. The van der Waals surface area contributed by atoms with Gasteiger partial charge in [0, 0.05) is 10.3 Å². The third kappa shape index (κ3) is 2.59. The van der Waals surface area contributed by atoms with Crippen LogP contribution < -0.4 is 0 Å². The zero-order valence-corrected chi connectivity index (χ0v) is 12.4. The lowest BCUT2D eigenvalue weighted by atomic mass is 9.96. The molecule has 1 aliphatic rings. The minimum atomic E-state index is -0.187. The highest BCUT2D eigenvalue weighted by atomic mass is 32.2. The molecule has 2 nitrogen and oxygen atoms in total. The van der Waals surface area contributed by atoms with E-state index >= 15 is 0 Å². The van der Waals surface area contributed by atoms with Crippen molar-refractivity contribution in [3.63, 3.8) is 0 Å². The van der Waals surface area contributed by atoms with Crippen molar-refractivity contribution >= 4 is 17.7 Å². The SMILES string of the molecule is C=CCC1N(C(=O)C(=C)C)C(C)(C)SC1(C)C. The first-order valence-corrected chi connectivity index (χ1v) is 6.75. The van der Waals surface area contributed by atoms with Gasteiger partial charge in [-0.15, -0.1) is 18.3 Å². The average Bonchev–Trinajstić information content (AvgIpc) is 2.31. The second kappa shape index (κ2) is 4.52. The van der Waals surface area contributed by atoms with E-state index in [1.807, 2.05) is 22.7 Å². The maximum atomic E-state index is 12.3. The number of amides is 1. The summed E-state index contributed by atoms with van der Waals surface area (Å²) in [4.78, 5) is 14.1. The van der Waals surface area contributed by atoms with Crippen molar-refractivity contribution in [2.24, 2.45) is 0 Å². The van der Waals surface area contributed by atoms with E-state index in [4.69, 9.17) is 0 Å². The van der Waals surface area contributed by atoms with Crippen molar-refractivity contribution in [3.05, 3.63) is 24.8 Å². The van der Waals surface area contributed by atoms with Gasteiger partial charge in [-0.05, 0) is 41.0 Å². The Hall–Kier alpha value is -0.700. The van der Waals surface area contributed by atoms with Crippen LogP contribution in [0.5, 0.6) is 0 Å². The van der Waals surface area contributed by atoms with Crippen LogP contribution in [0.2, 0.25) is 0 Å². The quantitative estimate of drug-likeness (QED) is 0.566. The van der Waals surface area contributed by atoms with E-state index in [9.17, 15) is 4.79 Å². The highest BCUT2D eigenvalue weighted by Gasteiger charge is 2.52. The van der Waals surface area contributed by atoms with E-state index in [2.05, 4.69) is 40.9 Å². The van der Waals surface area contributed by atoms with Crippen LogP contribution in [-0.4, -0.2) is 26.5 Å². The Labute approximate surface area is 109 Å². The first kappa shape index (κ1) is 14.4. The van der Waals surface area contributed by atoms with Crippen molar-refractivity contribution in [2.75, 3.05) is 0 Å². The van der Waals surface area contributed by atoms with Gasteiger partial charge in [-0.3, -0.25) is 4.79 Å². The molecule has 17 heavy (non-hydrogen) atoms. The van der Waals surface area contributed by atoms with Crippen LogP contribution in [0, 0.1) is 0 Å². The van der Waals surface area contributed by atoms with Crippen LogP contribution >= 0.6 is 11.8 Å². The van der Waals surface area contributed by atoms with Gasteiger partial charge in [0.1, 0.15) is 0 Å². The van der Waals surface area contributed by atoms with Gasteiger partial charge in [0.05, 0.1) is 10.9 Å². The third-order valence-corrected chi connectivity index (χ3v) is 4.68. The summed E-state index contributed by atoms with van der Waals surface area (Å²) >= 11 is 1.84. The van der Waals surface area contributed by atoms with Gasteiger partial charge in [0.15, 0.2) is 0 Å². The minimum absolute atomic E-state index is 0.0444. The Kier molecular flexibility index (Phi) is 3.82. The summed E-state index contributed by atoms with van der Waals surface area (Å²) in [5.74, 6) is 0.0555. The average molecular weight is 253 g/mol. The Balaban J connectivity index is 3.16. The van der Waals surface area contributed by atoms with Gasteiger partial charge in [-0.2, -0.15) is 0 Å². The molecule has 1 amide bonds. The van der Waals surface area contributed by atoms with Gasteiger partial charge in [-0.1, -0.05) is 12.7 Å². The molecule has 0 aromatic heterocycles. The molecule has 0 aliphatic carbocycles. The minimum Gasteiger partial charge on any atom is -0.320 e. The second-order valence-corrected chi connectivity index (χ2v) is 7.90. The number of hydrogen-bond acceptors (Lipinski definition) is 2. The Morgan fingerprint density at radius 1 is 1.41 bits per heavy atom. The predicted octanol–water partition coefficient (Wildman–Crippen LogP) is 3.60. The van der Waals surface area contributed by atoms with Crippen LogP contribution in [-0.2, 0) is 4.79 Å². The van der Waals surface area contributed by atoms with Crippen molar-refractivity contribution < 1.29 is 4.79 Å². The summed E-state index contributed by atoms with van der Waals surface area (Å²) in [6, 6.07) is 0.184. The molecule has 0 bridgehead atoms. The van der Waals surface area contributed by atoms with Gasteiger partial charge in [0.25, 0.3) is 0 Å². The highest BCUT2D eigenvalue weighted by molar-refractivity contribution is 8.02. The van der Waals surface area contributed by atoms with Crippen LogP contribution in [0.1, 0.15) is 41.0 Å². The fourth-order valence-corrected chi connectivity index (χ4v) is 4.52. The summed E-state index contributed by atoms with van der Waals surface area (Å²) in [5, 5.41) is 0. The van der Waals surface area contributed by atoms with E-state index < -0.39 is 0 Å². The highest BCUT2D eigenvalue weighted by Crippen LogP contribution is 2.52. The molecule has 1 aliphatic heterocycles.